The van der Waals surface area contributed by atoms with E-state index in [2.05, 4.69) is 0 Å². The fraction of sp³-hybridized carbons (Fsp3) is 0.300. The predicted octanol–water partition coefficient (Wildman–Crippen LogP) is 1.45. The number of carbonyl (C=O) groups is 1. The van der Waals surface area contributed by atoms with Crippen LogP contribution in [0.15, 0.2) is 18.2 Å². The Kier molecular flexibility index (Phi) is 1.61. The van der Waals surface area contributed by atoms with E-state index in [4.69, 9.17) is 0 Å². The number of hydrogen-bond donors (Lipinski definition) is 1. The van der Waals surface area contributed by atoms with Crippen molar-refractivity contribution in [2.45, 2.75) is 19.3 Å². The lowest BCUT2D eigenvalue weighted by molar-refractivity contribution is -0.118. The van der Waals surface area contributed by atoms with Gasteiger partial charge in [-0.3, -0.25) is 4.79 Å². The van der Waals surface area contributed by atoms with E-state index < -0.39 is 0 Å². The van der Waals surface area contributed by atoms with Crippen LogP contribution in [0.2, 0.25) is 0 Å². The molecule has 0 heterocycles. The lowest BCUT2D eigenvalue weighted by Crippen LogP contribution is -2.12. The molecule has 1 aliphatic rings. The number of hydrogen-bond acceptors (Lipinski definition) is 2. The summed E-state index contributed by atoms with van der Waals surface area (Å²) in [7, 11) is 0. The van der Waals surface area contributed by atoms with Crippen LogP contribution < -0.4 is 0 Å². The zero-order valence-corrected chi connectivity index (χ0v) is 6.71. The number of aryl methyl sites for hydroxylation is 1. The van der Waals surface area contributed by atoms with Crippen LogP contribution in [0, 0.1) is 0 Å². The highest BCUT2D eigenvalue weighted by atomic mass is 16.3. The van der Waals surface area contributed by atoms with E-state index in [1.54, 1.807) is 6.07 Å². The summed E-state index contributed by atoms with van der Waals surface area (Å²) in [5.41, 5.74) is 1.95. The van der Waals surface area contributed by atoms with Crippen LogP contribution >= 0.6 is 0 Å². The van der Waals surface area contributed by atoms with Crippen LogP contribution in [0.25, 0.3) is 0 Å². The molecule has 0 bridgehead atoms. The number of phenols is 1. The van der Waals surface area contributed by atoms with Crippen molar-refractivity contribution in [3.63, 3.8) is 0 Å². The molecule has 2 heteroatoms. The van der Waals surface area contributed by atoms with Gasteiger partial charge < -0.3 is 5.11 Å². The third kappa shape index (κ3) is 1.09. The van der Waals surface area contributed by atoms with Crippen LogP contribution in [0.3, 0.4) is 0 Å². The number of benzene rings is 1. The third-order valence-electron chi connectivity index (χ3n) is 2.30. The second-order valence-corrected chi connectivity index (χ2v) is 3.13. The summed E-state index contributed by atoms with van der Waals surface area (Å²) >= 11 is 0. The van der Waals surface area contributed by atoms with Crippen molar-refractivity contribution in [2.75, 3.05) is 0 Å². The van der Waals surface area contributed by atoms with Gasteiger partial charge in [-0.25, -0.2) is 0 Å². The molecule has 0 spiro atoms. The molecule has 0 saturated carbocycles. The Bertz CT molecular complexity index is 329. The molecule has 12 heavy (non-hydrogen) atoms. The van der Waals surface area contributed by atoms with Gasteiger partial charge in [0.25, 0.3) is 0 Å². The summed E-state index contributed by atoms with van der Waals surface area (Å²) < 4.78 is 0. The normalized spacial score (nSPS) is 15.8. The van der Waals surface area contributed by atoms with E-state index in [1.807, 2.05) is 12.1 Å². The second kappa shape index (κ2) is 2.63. The van der Waals surface area contributed by atoms with Crippen molar-refractivity contribution in [3.8, 4) is 5.75 Å². The lowest BCUT2D eigenvalue weighted by atomic mass is 9.90. The van der Waals surface area contributed by atoms with Gasteiger partial charge in [0, 0.05) is 18.4 Å². The summed E-state index contributed by atoms with van der Waals surface area (Å²) in [6.45, 7) is 0. The van der Waals surface area contributed by atoms with Gasteiger partial charge in [0.1, 0.15) is 11.5 Å². The molecule has 1 aliphatic carbocycles. The summed E-state index contributed by atoms with van der Waals surface area (Å²) in [5, 5.41) is 9.42. The molecule has 0 aliphatic heterocycles. The zero-order valence-electron chi connectivity index (χ0n) is 6.71. The molecule has 0 amide bonds. The smallest absolute Gasteiger partial charge is 0.137 e. The van der Waals surface area contributed by atoms with Crippen molar-refractivity contribution in [2.24, 2.45) is 0 Å². The van der Waals surface area contributed by atoms with Gasteiger partial charge in [0.15, 0.2) is 0 Å². The zero-order chi connectivity index (χ0) is 8.55. The Morgan fingerprint density at radius 3 is 2.92 bits per heavy atom. The van der Waals surface area contributed by atoms with Crippen molar-refractivity contribution in [1.82, 2.24) is 0 Å². The second-order valence-electron chi connectivity index (χ2n) is 3.13. The first kappa shape index (κ1) is 7.35. The van der Waals surface area contributed by atoms with Gasteiger partial charge in [0.05, 0.1) is 0 Å². The molecule has 0 atom stereocenters. The largest absolute Gasteiger partial charge is 0.508 e. The highest BCUT2D eigenvalue weighted by Crippen LogP contribution is 2.26. The molecule has 2 nitrogen and oxygen atoms in total. The topological polar surface area (TPSA) is 37.3 Å². The Morgan fingerprint density at radius 2 is 2.08 bits per heavy atom. The summed E-state index contributed by atoms with van der Waals surface area (Å²) in [4.78, 5) is 11.1. The van der Waals surface area contributed by atoms with Gasteiger partial charge in [-0.2, -0.15) is 0 Å². The van der Waals surface area contributed by atoms with E-state index in [0.29, 0.717) is 12.8 Å². The Hall–Kier alpha value is -1.31. The molecule has 1 N–H and O–H groups in total. The fourth-order valence-electron chi connectivity index (χ4n) is 1.62. The highest BCUT2D eigenvalue weighted by molar-refractivity contribution is 5.84. The lowest BCUT2D eigenvalue weighted by Gasteiger charge is -2.15. The molecular formula is C10H10O2. The van der Waals surface area contributed by atoms with Crippen molar-refractivity contribution >= 4 is 5.78 Å². The standard InChI is InChI=1S/C10H10O2/c11-8-5-4-7-2-1-3-10(12)9(7)6-8/h1-3,12H,4-6H2. The molecule has 62 valence electrons. The van der Waals surface area contributed by atoms with E-state index in [1.165, 1.54) is 0 Å². The molecule has 0 radical (unpaired) electrons. The molecule has 0 aromatic heterocycles. The summed E-state index contributed by atoms with van der Waals surface area (Å²) in [6.07, 6.45) is 1.81. The van der Waals surface area contributed by atoms with E-state index in [0.717, 1.165) is 17.5 Å². The predicted molar refractivity (Wildman–Crippen MR) is 45.1 cm³/mol. The van der Waals surface area contributed by atoms with Crippen LogP contribution in [0.5, 0.6) is 5.75 Å². The average Bonchev–Trinajstić information content (AvgIpc) is 2.07. The number of fused-ring (bicyclic) bond motifs is 1. The molecule has 0 saturated heterocycles. The maximum atomic E-state index is 11.1. The first-order valence-electron chi connectivity index (χ1n) is 4.09. The Balaban J connectivity index is 2.50. The number of aromatic hydroxyl groups is 1. The molecule has 2 rings (SSSR count). The number of ketones is 1. The number of carbonyl (C=O) groups excluding carboxylic acids is 1. The van der Waals surface area contributed by atoms with Crippen molar-refractivity contribution in [3.05, 3.63) is 29.3 Å². The van der Waals surface area contributed by atoms with Crippen molar-refractivity contribution in [1.29, 1.82) is 0 Å². The summed E-state index contributed by atoms with van der Waals surface area (Å²) in [5.74, 6) is 0.490. The molecule has 1 aromatic rings. The highest BCUT2D eigenvalue weighted by Gasteiger charge is 2.17. The number of Topliss-reactive ketones (excluding diaryl/α,β-unsaturated/α-hetero) is 1. The van der Waals surface area contributed by atoms with E-state index in [-0.39, 0.29) is 11.5 Å². The van der Waals surface area contributed by atoms with Crippen LogP contribution in [-0.4, -0.2) is 10.9 Å². The van der Waals surface area contributed by atoms with Gasteiger partial charge in [-0.05, 0) is 18.1 Å². The third-order valence-corrected chi connectivity index (χ3v) is 2.30. The van der Waals surface area contributed by atoms with E-state index >= 15 is 0 Å². The Labute approximate surface area is 70.8 Å². The van der Waals surface area contributed by atoms with Crippen LogP contribution in [0.1, 0.15) is 17.5 Å². The minimum absolute atomic E-state index is 0.226. The molecule has 0 unspecified atom stereocenters. The van der Waals surface area contributed by atoms with Gasteiger partial charge in [0.2, 0.25) is 0 Å². The monoisotopic (exact) mass is 162 g/mol. The van der Waals surface area contributed by atoms with Crippen LogP contribution in [0.4, 0.5) is 0 Å². The molecule has 0 fully saturated rings. The summed E-state index contributed by atoms with van der Waals surface area (Å²) in [6, 6.07) is 5.43. The number of phenolic OH excluding ortho intramolecular Hbond substituents is 1. The number of rotatable bonds is 0. The van der Waals surface area contributed by atoms with Gasteiger partial charge in [-0.15, -0.1) is 0 Å². The SMILES string of the molecule is O=C1CCc2cccc(O)c2C1. The average molecular weight is 162 g/mol. The maximum Gasteiger partial charge on any atom is 0.137 e. The first-order valence-corrected chi connectivity index (χ1v) is 4.09. The minimum atomic E-state index is 0.226. The quantitative estimate of drug-likeness (QED) is 0.627. The first-order chi connectivity index (χ1) is 5.77. The van der Waals surface area contributed by atoms with Crippen LogP contribution in [-0.2, 0) is 17.6 Å². The Morgan fingerprint density at radius 1 is 1.25 bits per heavy atom. The molecular weight excluding hydrogens is 152 g/mol. The van der Waals surface area contributed by atoms with Gasteiger partial charge >= 0.3 is 0 Å². The van der Waals surface area contributed by atoms with Gasteiger partial charge in [-0.1, -0.05) is 12.1 Å². The fourth-order valence-corrected chi connectivity index (χ4v) is 1.62. The van der Waals surface area contributed by atoms with Crippen molar-refractivity contribution < 1.29 is 9.90 Å². The van der Waals surface area contributed by atoms with E-state index in [9.17, 15) is 9.90 Å². The molecule has 1 aromatic carbocycles. The maximum absolute atomic E-state index is 11.1. The minimum Gasteiger partial charge on any atom is -0.508 e.